The second-order valence-corrected chi connectivity index (χ2v) is 5.23. The molecule has 0 spiro atoms. The largest absolute Gasteiger partial charge is 0.506 e. The van der Waals surface area contributed by atoms with Crippen LogP contribution in [0.3, 0.4) is 0 Å². The molecule has 0 aliphatic heterocycles. The van der Waals surface area contributed by atoms with Crippen molar-refractivity contribution in [2.45, 2.75) is 13.8 Å². The van der Waals surface area contributed by atoms with Gasteiger partial charge in [0.05, 0.1) is 11.4 Å². The Bertz CT molecular complexity index is 815. The topological polar surface area (TPSA) is 58.0 Å². The second-order valence-electron chi connectivity index (χ2n) is 5.23. The number of hydrogen-bond donors (Lipinski definition) is 2. The summed E-state index contributed by atoms with van der Waals surface area (Å²) in [6, 6.07) is 15.2. The molecule has 0 saturated heterocycles. The Kier molecular flexibility index (Phi) is 3.74. The van der Waals surface area contributed by atoms with Gasteiger partial charge in [-0.15, -0.1) is 0 Å². The molecule has 0 radical (unpaired) electrons. The van der Waals surface area contributed by atoms with Crippen LogP contribution in [0.15, 0.2) is 54.7 Å². The lowest BCUT2D eigenvalue weighted by atomic mass is 10.0. The SMILES string of the molecule is Cc1ccc(C)c(-c2ccnc(Nc3ccccc3O)n2)c1. The van der Waals surface area contributed by atoms with Gasteiger partial charge in [0.25, 0.3) is 0 Å². The highest BCUT2D eigenvalue weighted by Gasteiger charge is 2.07. The van der Waals surface area contributed by atoms with Crippen LogP contribution in [-0.2, 0) is 0 Å². The van der Waals surface area contributed by atoms with Crippen molar-refractivity contribution < 1.29 is 5.11 Å². The molecule has 0 fully saturated rings. The number of rotatable bonds is 3. The van der Waals surface area contributed by atoms with Gasteiger partial charge in [0.15, 0.2) is 0 Å². The third kappa shape index (κ3) is 2.91. The van der Waals surface area contributed by atoms with Crippen LogP contribution < -0.4 is 5.32 Å². The van der Waals surface area contributed by atoms with Crippen molar-refractivity contribution in [2.24, 2.45) is 0 Å². The molecule has 4 heteroatoms. The predicted octanol–water partition coefficient (Wildman–Crippen LogP) is 4.21. The first-order chi connectivity index (χ1) is 10.6. The Balaban J connectivity index is 1.96. The van der Waals surface area contributed by atoms with Crippen molar-refractivity contribution in [3.8, 4) is 17.0 Å². The molecule has 0 amide bonds. The Hall–Kier alpha value is -2.88. The van der Waals surface area contributed by atoms with Gasteiger partial charge in [0.1, 0.15) is 5.75 Å². The van der Waals surface area contributed by atoms with Crippen molar-refractivity contribution in [1.82, 2.24) is 9.97 Å². The van der Waals surface area contributed by atoms with Gasteiger partial charge in [0.2, 0.25) is 5.95 Å². The maximum atomic E-state index is 9.82. The zero-order valence-corrected chi connectivity index (χ0v) is 12.5. The fourth-order valence-corrected chi connectivity index (χ4v) is 2.28. The second kappa shape index (κ2) is 5.85. The van der Waals surface area contributed by atoms with Crippen LogP contribution in [0.25, 0.3) is 11.3 Å². The van der Waals surface area contributed by atoms with E-state index in [1.807, 2.05) is 12.1 Å². The molecule has 0 aliphatic rings. The lowest BCUT2D eigenvalue weighted by Gasteiger charge is -2.10. The Morgan fingerprint density at radius 1 is 1.00 bits per heavy atom. The molecule has 1 aromatic heterocycles. The molecular weight excluding hydrogens is 274 g/mol. The number of benzene rings is 2. The van der Waals surface area contributed by atoms with Crippen LogP contribution in [0.5, 0.6) is 5.75 Å². The average molecular weight is 291 g/mol. The standard InChI is InChI=1S/C18H17N3O/c1-12-7-8-13(2)14(11-12)15-9-10-19-18(20-15)21-16-5-3-4-6-17(16)22/h3-11,22H,1-2H3,(H,19,20,21). The number of aryl methyl sites for hydroxylation is 2. The maximum absolute atomic E-state index is 9.82. The number of nitrogens with one attached hydrogen (secondary N) is 1. The molecule has 2 aromatic carbocycles. The first-order valence-corrected chi connectivity index (χ1v) is 7.09. The average Bonchev–Trinajstić information content (AvgIpc) is 2.52. The summed E-state index contributed by atoms with van der Waals surface area (Å²) < 4.78 is 0. The van der Waals surface area contributed by atoms with Gasteiger partial charge in [0, 0.05) is 11.8 Å². The van der Waals surface area contributed by atoms with E-state index in [0.29, 0.717) is 11.6 Å². The molecule has 0 aliphatic carbocycles. The predicted molar refractivity (Wildman–Crippen MR) is 88.3 cm³/mol. The zero-order chi connectivity index (χ0) is 15.5. The van der Waals surface area contributed by atoms with Gasteiger partial charge in [-0.1, -0.05) is 29.8 Å². The smallest absolute Gasteiger partial charge is 0.227 e. The Morgan fingerprint density at radius 2 is 1.82 bits per heavy atom. The summed E-state index contributed by atoms with van der Waals surface area (Å²) in [4.78, 5) is 8.77. The van der Waals surface area contributed by atoms with Gasteiger partial charge < -0.3 is 10.4 Å². The van der Waals surface area contributed by atoms with Crippen LogP contribution in [-0.4, -0.2) is 15.1 Å². The summed E-state index contributed by atoms with van der Waals surface area (Å²) in [6.45, 7) is 4.12. The molecule has 3 aromatic rings. The summed E-state index contributed by atoms with van der Waals surface area (Å²) in [6.07, 6.45) is 1.71. The van der Waals surface area contributed by atoms with Crippen molar-refractivity contribution in [1.29, 1.82) is 0 Å². The van der Waals surface area contributed by atoms with Gasteiger partial charge in [-0.05, 0) is 43.7 Å². The van der Waals surface area contributed by atoms with E-state index in [-0.39, 0.29) is 5.75 Å². The summed E-state index contributed by atoms with van der Waals surface area (Å²) >= 11 is 0. The van der Waals surface area contributed by atoms with E-state index in [1.54, 1.807) is 24.4 Å². The Labute approximate surface area is 129 Å². The van der Waals surface area contributed by atoms with Crippen LogP contribution in [0.2, 0.25) is 0 Å². The first-order valence-electron chi connectivity index (χ1n) is 7.09. The van der Waals surface area contributed by atoms with Crippen LogP contribution in [0.4, 0.5) is 11.6 Å². The van der Waals surface area contributed by atoms with E-state index in [9.17, 15) is 5.11 Å². The summed E-state index contributed by atoms with van der Waals surface area (Å²) in [5.74, 6) is 0.628. The third-order valence-corrected chi connectivity index (χ3v) is 3.48. The van der Waals surface area contributed by atoms with Crippen LogP contribution >= 0.6 is 0 Å². The highest BCUT2D eigenvalue weighted by atomic mass is 16.3. The van der Waals surface area contributed by atoms with Gasteiger partial charge >= 0.3 is 0 Å². The van der Waals surface area contributed by atoms with Crippen molar-refractivity contribution in [3.63, 3.8) is 0 Å². The molecule has 22 heavy (non-hydrogen) atoms. The highest BCUT2D eigenvalue weighted by Crippen LogP contribution is 2.26. The minimum atomic E-state index is 0.170. The Morgan fingerprint density at radius 3 is 2.64 bits per heavy atom. The number of nitrogens with zero attached hydrogens (tertiary/aromatic N) is 2. The number of hydrogen-bond acceptors (Lipinski definition) is 4. The zero-order valence-electron chi connectivity index (χ0n) is 12.5. The summed E-state index contributed by atoms with van der Waals surface area (Å²) in [7, 11) is 0. The quantitative estimate of drug-likeness (QED) is 0.710. The number of phenols is 1. The summed E-state index contributed by atoms with van der Waals surface area (Å²) in [5, 5.41) is 12.9. The highest BCUT2D eigenvalue weighted by molar-refractivity contribution is 5.67. The molecule has 110 valence electrons. The first kappa shape index (κ1) is 14.1. The monoisotopic (exact) mass is 291 g/mol. The van der Waals surface area contributed by atoms with Crippen LogP contribution in [0.1, 0.15) is 11.1 Å². The number of para-hydroxylation sites is 2. The number of anilines is 2. The van der Waals surface area contributed by atoms with Crippen LogP contribution in [0, 0.1) is 13.8 Å². The van der Waals surface area contributed by atoms with E-state index < -0.39 is 0 Å². The molecule has 0 saturated carbocycles. The number of phenolic OH excluding ortho intramolecular Hbond substituents is 1. The van der Waals surface area contributed by atoms with Gasteiger partial charge in [-0.25, -0.2) is 9.97 Å². The van der Waals surface area contributed by atoms with Crippen molar-refractivity contribution >= 4 is 11.6 Å². The van der Waals surface area contributed by atoms with Gasteiger partial charge in [-0.2, -0.15) is 0 Å². The van der Waals surface area contributed by atoms with E-state index in [1.165, 1.54) is 5.56 Å². The van der Waals surface area contributed by atoms with E-state index in [2.05, 4.69) is 47.3 Å². The molecule has 1 heterocycles. The normalized spacial score (nSPS) is 10.5. The lowest BCUT2D eigenvalue weighted by molar-refractivity contribution is 0.477. The third-order valence-electron chi connectivity index (χ3n) is 3.48. The minimum absolute atomic E-state index is 0.170. The molecule has 0 atom stereocenters. The fourth-order valence-electron chi connectivity index (χ4n) is 2.28. The number of aromatic nitrogens is 2. The molecule has 0 bridgehead atoms. The van der Waals surface area contributed by atoms with E-state index in [0.717, 1.165) is 16.8 Å². The summed E-state index contributed by atoms with van der Waals surface area (Å²) in [5.41, 5.74) is 4.88. The molecular formula is C18H17N3O. The molecule has 0 unspecified atom stereocenters. The van der Waals surface area contributed by atoms with Gasteiger partial charge in [-0.3, -0.25) is 0 Å². The fraction of sp³-hybridized carbons (Fsp3) is 0.111. The van der Waals surface area contributed by atoms with Crippen molar-refractivity contribution in [2.75, 3.05) is 5.32 Å². The number of aromatic hydroxyl groups is 1. The van der Waals surface area contributed by atoms with E-state index in [4.69, 9.17) is 0 Å². The maximum Gasteiger partial charge on any atom is 0.227 e. The van der Waals surface area contributed by atoms with Crippen molar-refractivity contribution in [3.05, 3.63) is 65.9 Å². The lowest BCUT2D eigenvalue weighted by Crippen LogP contribution is -1.98. The van der Waals surface area contributed by atoms with E-state index >= 15 is 0 Å². The molecule has 3 rings (SSSR count). The molecule has 2 N–H and O–H groups in total. The minimum Gasteiger partial charge on any atom is -0.506 e. The molecule has 4 nitrogen and oxygen atoms in total.